The number of aryl methyl sites for hydroxylation is 1. The molecule has 0 unspecified atom stereocenters. The fourth-order valence-electron chi connectivity index (χ4n) is 3.91. The van der Waals surface area contributed by atoms with Crippen LogP contribution in [0.1, 0.15) is 84.6 Å². The molecule has 180 valence electrons. The number of anilines is 1. The number of nitrogens with one attached hydrogen (secondary N) is 1. The molecule has 0 saturated carbocycles. The Balaban J connectivity index is 0.000000414. The lowest BCUT2D eigenvalue weighted by Gasteiger charge is -2.20. The first-order chi connectivity index (χ1) is 15.9. The fourth-order valence-corrected chi connectivity index (χ4v) is 4.26. The Labute approximate surface area is 209 Å². The number of benzene rings is 1. The Hall–Kier alpha value is -2.14. The highest BCUT2D eigenvalue weighted by Gasteiger charge is 2.15. The van der Waals surface area contributed by atoms with E-state index in [0.29, 0.717) is 6.04 Å². The second-order valence-corrected chi connectivity index (χ2v) is 9.76. The summed E-state index contributed by atoms with van der Waals surface area (Å²) in [6, 6.07) is 10.9. The van der Waals surface area contributed by atoms with Gasteiger partial charge in [0.15, 0.2) is 5.65 Å². The number of fused-ring (bicyclic) bond motifs is 1. The van der Waals surface area contributed by atoms with Crippen molar-refractivity contribution in [1.82, 2.24) is 14.6 Å². The maximum absolute atomic E-state index is 4.84. The zero-order chi connectivity index (χ0) is 24.2. The summed E-state index contributed by atoms with van der Waals surface area (Å²) in [5.41, 5.74) is 5.51. The van der Waals surface area contributed by atoms with Crippen LogP contribution < -0.4 is 5.32 Å². The first-order valence-corrected chi connectivity index (χ1v) is 13.2. The predicted octanol–water partition coefficient (Wildman–Crippen LogP) is 8.99. The van der Waals surface area contributed by atoms with Crippen molar-refractivity contribution in [3.05, 3.63) is 58.7 Å². The molecule has 0 atom stereocenters. The number of nitrogens with zero attached hydrogens (tertiary/aromatic N) is 3. The van der Waals surface area contributed by atoms with Crippen LogP contribution in [-0.2, 0) is 0 Å². The summed E-state index contributed by atoms with van der Waals surface area (Å²) in [5, 5.41) is 8.20. The van der Waals surface area contributed by atoms with Crippen LogP contribution in [0.25, 0.3) is 16.9 Å². The Bertz CT molecular complexity index is 1000. The van der Waals surface area contributed by atoms with Crippen molar-refractivity contribution in [1.29, 1.82) is 0 Å². The first-order valence-electron chi connectivity index (χ1n) is 12.4. The minimum Gasteiger partial charge on any atom is -0.367 e. The number of rotatable bonds is 11. The molecule has 2 heterocycles. The SMILES string of the molecule is C=C(C)CCCCC.CCCC(CCC)Nc1cc(-c2ccccc2C)nc2c(Br)cnn12. The van der Waals surface area contributed by atoms with E-state index in [-0.39, 0.29) is 0 Å². The van der Waals surface area contributed by atoms with Crippen LogP contribution in [0.3, 0.4) is 0 Å². The van der Waals surface area contributed by atoms with Crippen molar-refractivity contribution >= 4 is 27.4 Å². The third kappa shape index (κ3) is 8.29. The van der Waals surface area contributed by atoms with E-state index < -0.39 is 0 Å². The second kappa shape index (κ2) is 14.2. The van der Waals surface area contributed by atoms with E-state index in [1.807, 2.05) is 10.7 Å². The molecule has 0 bridgehead atoms. The molecular weight excluding hydrogens is 472 g/mol. The van der Waals surface area contributed by atoms with Gasteiger partial charge in [0.05, 0.1) is 16.4 Å². The van der Waals surface area contributed by atoms with Crippen molar-refractivity contribution in [3.63, 3.8) is 0 Å². The van der Waals surface area contributed by atoms with Crippen molar-refractivity contribution in [2.75, 3.05) is 5.32 Å². The second-order valence-electron chi connectivity index (χ2n) is 8.90. The zero-order valence-electron chi connectivity index (χ0n) is 21.1. The van der Waals surface area contributed by atoms with E-state index in [0.717, 1.165) is 40.0 Å². The molecule has 33 heavy (non-hydrogen) atoms. The van der Waals surface area contributed by atoms with Crippen LogP contribution in [-0.4, -0.2) is 20.6 Å². The van der Waals surface area contributed by atoms with Gasteiger partial charge in [-0.2, -0.15) is 9.61 Å². The third-order valence-corrected chi connectivity index (χ3v) is 6.24. The molecule has 3 aromatic rings. The van der Waals surface area contributed by atoms with E-state index in [9.17, 15) is 0 Å². The zero-order valence-corrected chi connectivity index (χ0v) is 22.7. The highest BCUT2D eigenvalue weighted by atomic mass is 79.9. The number of halogens is 1. The highest BCUT2D eigenvalue weighted by molar-refractivity contribution is 9.10. The molecule has 0 spiro atoms. The van der Waals surface area contributed by atoms with Gasteiger partial charge in [-0.05, 0) is 61.0 Å². The molecule has 3 rings (SSSR count). The summed E-state index contributed by atoms with van der Waals surface area (Å²) in [6.45, 7) is 14.7. The van der Waals surface area contributed by atoms with E-state index in [1.165, 1.54) is 49.7 Å². The van der Waals surface area contributed by atoms with Gasteiger partial charge in [0.2, 0.25) is 0 Å². The molecule has 0 radical (unpaired) electrons. The minimum atomic E-state index is 0.452. The Kier molecular flexibility index (Phi) is 11.7. The summed E-state index contributed by atoms with van der Waals surface area (Å²) in [6.07, 6.45) is 11.7. The van der Waals surface area contributed by atoms with Gasteiger partial charge in [-0.3, -0.25) is 0 Å². The topological polar surface area (TPSA) is 42.2 Å². The first kappa shape index (κ1) is 27.1. The average Bonchev–Trinajstić information content (AvgIpc) is 3.16. The van der Waals surface area contributed by atoms with Gasteiger partial charge in [-0.25, -0.2) is 4.98 Å². The van der Waals surface area contributed by atoms with Gasteiger partial charge in [0, 0.05) is 17.7 Å². The van der Waals surface area contributed by atoms with E-state index in [4.69, 9.17) is 4.98 Å². The molecular formula is C28H41BrN4. The molecule has 1 aromatic carbocycles. The molecule has 2 aromatic heterocycles. The monoisotopic (exact) mass is 512 g/mol. The molecule has 0 amide bonds. The smallest absolute Gasteiger partial charge is 0.172 e. The Morgan fingerprint density at radius 1 is 1.09 bits per heavy atom. The summed E-state index contributed by atoms with van der Waals surface area (Å²) >= 11 is 3.58. The predicted molar refractivity (Wildman–Crippen MR) is 147 cm³/mol. The van der Waals surface area contributed by atoms with Crippen LogP contribution in [0.5, 0.6) is 0 Å². The van der Waals surface area contributed by atoms with Crippen LogP contribution in [0.2, 0.25) is 0 Å². The third-order valence-electron chi connectivity index (χ3n) is 5.68. The number of hydrogen-bond acceptors (Lipinski definition) is 3. The Morgan fingerprint density at radius 3 is 2.39 bits per heavy atom. The number of unbranched alkanes of at least 4 members (excludes halogenated alkanes) is 2. The lowest BCUT2D eigenvalue weighted by molar-refractivity contribution is 0.582. The molecule has 0 saturated heterocycles. The highest BCUT2D eigenvalue weighted by Crippen LogP contribution is 2.28. The van der Waals surface area contributed by atoms with Gasteiger partial charge < -0.3 is 5.32 Å². The lowest BCUT2D eigenvalue weighted by atomic mass is 10.0. The standard InChI is InChI=1S/C20H25BrN4.C8H16/c1-4-8-15(9-5-2)23-19-12-18(16-11-7-6-10-14(16)3)24-20-17(21)13-22-25(19)20;1-4-5-6-7-8(2)3/h6-7,10-13,15,23H,4-5,8-9H2,1-3H3;2,4-7H2,1,3H3. The van der Waals surface area contributed by atoms with Gasteiger partial charge in [-0.1, -0.05) is 76.3 Å². The summed E-state index contributed by atoms with van der Waals surface area (Å²) in [4.78, 5) is 4.84. The largest absolute Gasteiger partial charge is 0.367 e. The summed E-state index contributed by atoms with van der Waals surface area (Å²) in [7, 11) is 0. The molecule has 0 fully saturated rings. The van der Waals surface area contributed by atoms with E-state index in [2.05, 4.69) is 97.9 Å². The van der Waals surface area contributed by atoms with Crippen molar-refractivity contribution < 1.29 is 0 Å². The fraction of sp³-hybridized carbons (Fsp3) is 0.500. The van der Waals surface area contributed by atoms with Crippen molar-refractivity contribution in [2.24, 2.45) is 0 Å². The number of aromatic nitrogens is 3. The Morgan fingerprint density at radius 2 is 1.79 bits per heavy atom. The maximum Gasteiger partial charge on any atom is 0.172 e. The number of hydrogen-bond donors (Lipinski definition) is 1. The van der Waals surface area contributed by atoms with Crippen molar-refractivity contribution in [3.8, 4) is 11.3 Å². The quantitative estimate of drug-likeness (QED) is 0.205. The normalized spacial score (nSPS) is 10.9. The van der Waals surface area contributed by atoms with E-state index in [1.54, 1.807) is 0 Å². The molecule has 1 N–H and O–H groups in total. The van der Waals surface area contributed by atoms with Crippen molar-refractivity contribution in [2.45, 2.75) is 92.0 Å². The average molecular weight is 514 g/mol. The molecule has 4 nitrogen and oxygen atoms in total. The van der Waals surface area contributed by atoms with Gasteiger partial charge in [-0.15, -0.1) is 6.58 Å². The summed E-state index contributed by atoms with van der Waals surface area (Å²) in [5.74, 6) is 1.00. The van der Waals surface area contributed by atoms with Crippen LogP contribution in [0, 0.1) is 6.92 Å². The molecule has 0 aliphatic rings. The molecule has 5 heteroatoms. The van der Waals surface area contributed by atoms with E-state index >= 15 is 0 Å². The molecule has 0 aliphatic carbocycles. The maximum atomic E-state index is 4.84. The van der Waals surface area contributed by atoms with Crippen LogP contribution in [0.4, 0.5) is 5.82 Å². The van der Waals surface area contributed by atoms with Crippen LogP contribution >= 0.6 is 15.9 Å². The van der Waals surface area contributed by atoms with Gasteiger partial charge >= 0.3 is 0 Å². The minimum absolute atomic E-state index is 0.452. The summed E-state index contributed by atoms with van der Waals surface area (Å²) < 4.78 is 2.80. The van der Waals surface area contributed by atoms with Gasteiger partial charge in [0.1, 0.15) is 5.82 Å². The molecule has 0 aliphatic heterocycles. The van der Waals surface area contributed by atoms with Crippen LogP contribution in [0.15, 0.2) is 53.2 Å². The van der Waals surface area contributed by atoms with Gasteiger partial charge in [0.25, 0.3) is 0 Å². The lowest BCUT2D eigenvalue weighted by Crippen LogP contribution is -2.21. The number of allylic oxidation sites excluding steroid dienone is 1.